The van der Waals surface area contributed by atoms with Crippen molar-refractivity contribution in [3.63, 3.8) is 0 Å². The predicted molar refractivity (Wildman–Crippen MR) is 194 cm³/mol. The topological polar surface area (TPSA) is 155 Å². The summed E-state index contributed by atoms with van der Waals surface area (Å²) in [6.07, 6.45) is 12.5. The fourth-order valence-electron chi connectivity index (χ4n) is 7.84. The van der Waals surface area contributed by atoms with E-state index in [4.69, 9.17) is 21.2 Å². The number of carbonyl (C=O) groups is 1. The van der Waals surface area contributed by atoms with Crippen molar-refractivity contribution in [1.29, 1.82) is 0 Å². The number of aryl methyl sites for hydroxylation is 1. The Morgan fingerprint density at radius 2 is 1.84 bits per heavy atom. The van der Waals surface area contributed by atoms with E-state index >= 15 is 0 Å². The average molecular weight is 673 g/mol. The van der Waals surface area contributed by atoms with Crippen LogP contribution in [0.15, 0.2) is 71.0 Å². The second-order valence-electron chi connectivity index (χ2n) is 14.2. The van der Waals surface area contributed by atoms with Gasteiger partial charge in [-0.05, 0) is 72.9 Å². The first kappa shape index (κ1) is 36.8. The van der Waals surface area contributed by atoms with Gasteiger partial charge >= 0.3 is 0 Å². The molecule has 0 amide bonds. The third kappa shape index (κ3) is 8.81. The predicted octanol–water partition coefficient (Wildman–Crippen LogP) is 6.30. The molecule has 1 saturated carbocycles. The van der Waals surface area contributed by atoms with Crippen molar-refractivity contribution in [1.82, 2.24) is 4.90 Å². The van der Waals surface area contributed by atoms with Gasteiger partial charge in [0.25, 0.3) is 0 Å². The highest BCUT2D eigenvalue weighted by atomic mass is 16.5. The molecule has 0 radical (unpaired) electrons. The Morgan fingerprint density at radius 3 is 2.57 bits per heavy atom. The number of hydrogen-bond acceptors (Lipinski definition) is 9. The number of fused-ring (bicyclic) bond motifs is 1. The number of aliphatic imine (C=N–C) groups is 1. The Labute approximate surface area is 291 Å². The van der Waals surface area contributed by atoms with Crippen LogP contribution < -0.4 is 16.2 Å². The van der Waals surface area contributed by atoms with Crippen molar-refractivity contribution in [2.24, 2.45) is 22.4 Å². The van der Waals surface area contributed by atoms with Crippen LogP contribution in [0.25, 0.3) is 0 Å². The Hall–Kier alpha value is -3.50. The molecule has 49 heavy (non-hydrogen) atoms. The van der Waals surface area contributed by atoms with Crippen LogP contribution in [-0.4, -0.2) is 57.2 Å². The number of benzene rings is 2. The molecule has 2 heterocycles. The maximum atomic E-state index is 13.4. The summed E-state index contributed by atoms with van der Waals surface area (Å²) in [6, 6.07) is 13.6. The zero-order chi connectivity index (χ0) is 35.0. The summed E-state index contributed by atoms with van der Waals surface area (Å²) in [5.41, 5.74) is 18.4. The first-order valence-electron chi connectivity index (χ1n) is 18.3. The molecule has 1 aliphatic carbocycles. The number of aliphatic hydroxyl groups excluding tert-OH is 2. The molecule has 2 aromatic rings. The molecule has 0 bridgehead atoms. The van der Waals surface area contributed by atoms with Crippen molar-refractivity contribution in [3.8, 4) is 11.5 Å². The summed E-state index contributed by atoms with van der Waals surface area (Å²) in [4.78, 5) is 20.3. The van der Waals surface area contributed by atoms with Crippen molar-refractivity contribution in [2.45, 2.75) is 121 Å². The van der Waals surface area contributed by atoms with Gasteiger partial charge in [-0.3, -0.25) is 9.79 Å². The first-order valence-corrected chi connectivity index (χ1v) is 18.3. The lowest BCUT2D eigenvalue weighted by Crippen LogP contribution is -2.32. The van der Waals surface area contributed by atoms with E-state index in [1.54, 1.807) is 12.1 Å². The number of carbonyl (C=O) groups excluding carboxylic acids is 1. The fourth-order valence-corrected chi connectivity index (χ4v) is 7.84. The van der Waals surface area contributed by atoms with E-state index in [0.717, 1.165) is 73.8 Å². The zero-order valence-electron chi connectivity index (χ0n) is 29.3. The lowest BCUT2D eigenvalue weighted by Gasteiger charge is -2.32. The Morgan fingerprint density at radius 1 is 1.04 bits per heavy atom. The summed E-state index contributed by atoms with van der Waals surface area (Å²) in [6.45, 7) is 4.97. The number of phenolic OH excluding ortho intramolecular Hbond substituents is 1. The van der Waals surface area contributed by atoms with E-state index in [-0.39, 0.29) is 36.5 Å². The van der Waals surface area contributed by atoms with E-state index < -0.39 is 24.3 Å². The van der Waals surface area contributed by atoms with Gasteiger partial charge in [-0.25, -0.2) is 0 Å². The summed E-state index contributed by atoms with van der Waals surface area (Å²) >= 11 is 0. The number of ether oxygens (including phenoxy) is 1. The van der Waals surface area contributed by atoms with Gasteiger partial charge in [-0.15, -0.1) is 0 Å². The van der Waals surface area contributed by atoms with E-state index in [9.17, 15) is 20.1 Å². The second kappa shape index (κ2) is 16.9. The number of aromatic hydroxyl groups is 1. The summed E-state index contributed by atoms with van der Waals surface area (Å²) in [5, 5.41) is 31.8. The van der Waals surface area contributed by atoms with Crippen LogP contribution in [0.3, 0.4) is 0 Å². The number of nitrogens with zero attached hydrogens (tertiary/aromatic N) is 2. The Balaban J connectivity index is 1.22. The first-order chi connectivity index (χ1) is 23.6. The van der Waals surface area contributed by atoms with Crippen LogP contribution in [-0.2, 0) is 16.6 Å². The standard InChI is InChI=1S/C40H56N4O5/c1-3-5-6-13-31(37(48)22-30(45)10-4-2)35(46)16-14-27-15-17-36(47)38(20-27)49-26-44-24-32-33(23-43-34(32)25-44)40(18-7-8-19-40)29-12-9-11-28(21-29)39(41)42/h9,11-12,15,17,20-21,23-24,30-31,37,39,45,47-48H,3-8,10,13-14,16,18-19,22,25-26,41-42H2,1-2H3/t30-,31-,37-/m1/s1. The third-order valence-corrected chi connectivity index (χ3v) is 10.6. The van der Waals surface area contributed by atoms with Gasteiger partial charge in [0.2, 0.25) is 0 Å². The highest BCUT2D eigenvalue weighted by Crippen LogP contribution is 2.51. The Kier molecular flexibility index (Phi) is 12.7. The number of Topliss-reactive ketones (excluding diaryl/α,β-unsaturated/α-hetero) is 1. The number of unbranched alkanes of at least 4 members (excludes halogenated alkanes) is 2. The van der Waals surface area contributed by atoms with Gasteiger partial charge in [0.1, 0.15) is 5.78 Å². The maximum absolute atomic E-state index is 13.4. The van der Waals surface area contributed by atoms with Crippen LogP contribution in [0.5, 0.6) is 11.5 Å². The number of aliphatic hydroxyl groups is 2. The normalized spacial score (nSPS) is 18.6. The maximum Gasteiger partial charge on any atom is 0.163 e. The number of allylic oxidation sites excluding steroid dienone is 1. The highest BCUT2D eigenvalue weighted by Gasteiger charge is 2.44. The van der Waals surface area contributed by atoms with Crippen LogP contribution in [0.4, 0.5) is 0 Å². The van der Waals surface area contributed by atoms with Crippen molar-refractivity contribution >= 4 is 11.5 Å². The molecule has 2 aromatic carbocycles. The van der Waals surface area contributed by atoms with Crippen LogP contribution in [0, 0.1) is 5.92 Å². The molecule has 3 atom stereocenters. The molecule has 0 spiro atoms. The minimum absolute atomic E-state index is 0.0142. The molecule has 7 N–H and O–H groups in total. The molecule has 9 heteroatoms. The van der Waals surface area contributed by atoms with Crippen molar-refractivity contribution < 1.29 is 24.9 Å². The SMILES string of the molecule is CCCCC[C@H](C(=O)CCc1ccc(O)c(OCN2C=C3C(C4(c5cccc(C(N)N)c5)CCCC4)=CN=C3C2)c1)[C@H](O)C[C@H](O)CCC. The second-order valence-corrected chi connectivity index (χ2v) is 14.2. The monoisotopic (exact) mass is 672 g/mol. The average Bonchev–Trinajstić information content (AvgIpc) is 3.83. The van der Waals surface area contributed by atoms with Crippen molar-refractivity contribution in [3.05, 3.63) is 82.7 Å². The number of ketones is 1. The van der Waals surface area contributed by atoms with Gasteiger partial charge < -0.3 is 36.4 Å². The van der Waals surface area contributed by atoms with E-state index in [1.165, 1.54) is 11.1 Å². The molecular weight excluding hydrogens is 616 g/mol. The van der Waals surface area contributed by atoms with E-state index in [2.05, 4.69) is 30.2 Å². The molecule has 5 rings (SSSR count). The van der Waals surface area contributed by atoms with E-state index in [0.29, 0.717) is 31.6 Å². The number of phenols is 1. The lowest BCUT2D eigenvalue weighted by atomic mass is 9.70. The van der Waals surface area contributed by atoms with Gasteiger partial charge in [0, 0.05) is 35.7 Å². The number of nitrogens with two attached hydrogens (primary N) is 2. The van der Waals surface area contributed by atoms with Crippen LogP contribution >= 0.6 is 0 Å². The molecule has 0 aromatic heterocycles. The summed E-state index contributed by atoms with van der Waals surface area (Å²) in [7, 11) is 0. The van der Waals surface area contributed by atoms with Gasteiger partial charge in [-0.1, -0.05) is 82.7 Å². The molecule has 1 fully saturated rings. The number of hydrogen-bond donors (Lipinski definition) is 5. The Bertz CT molecular complexity index is 1530. The lowest BCUT2D eigenvalue weighted by molar-refractivity contribution is -0.127. The molecule has 266 valence electrons. The van der Waals surface area contributed by atoms with Gasteiger partial charge in [0.15, 0.2) is 18.2 Å². The molecule has 3 aliphatic rings. The largest absolute Gasteiger partial charge is 0.504 e. The summed E-state index contributed by atoms with van der Waals surface area (Å²) < 4.78 is 6.14. The number of rotatable bonds is 19. The van der Waals surface area contributed by atoms with Gasteiger partial charge in [0.05, 0.1) is 30.6 Å². The molecule has 0 unspecified atom stereocenters. The summed E-state index contributed by atoms with van der Waals surface area (Å²) in [5.74, 6) is -0.0652. The third-order valence-electron chi connectivity index (χ3n) is 10.6. The minimum atomic E-state index is -0.850. The molecular formula is C40H56N4O5. The fraction of sp³-hybridized carbons (Fsp3) is 0.550. The van der Waals surface area contributed by atoms with Crippen LogP contribution in [0.2, 0.25) is 0 Å². The van der Waals surface area contributed by atoms with E-state index in [1.807, 2.05) is 31.3 Å². The molecule has 2 aliphatic heterocycles. The van der Waals surface area contributed by atoms with Crippen LogP contribution in [0.1, 0.15) is 114 Å². The minimum Gasteiger partial charge on any atom is -0.504 e. The molecule has 9 nitrogen and oxygen atoms in total. The highest BCUT2D eigenvalue weighted by molar-refractivity contribution is 6.10. The molecule has 0 saturated heterocycles. The smallest absolute Gasteiger partial charge is 0.163 e. The van der Waals surface area contributed by atoms with Crippen molar-refractivity contribution in [2.75, 3.05) is 13.3 Å². The van der Waals surface area contributed by atoms with Gasteiger partial charge in [-0.2, -0.15) is 0 Å². The zero-order valence-corrected chi connectivity index (χ0v) is 29.3. The quantitative estimate of drug-likeness (QED) is 0.0860.